The van der Waals surface area contributed by atoms with E-state index < -0.39 is 12.8 Å². The van der Waals surface area contributed by atoms with Crippen LogP contribution in [0.15, 0.2) is 4.60 Å². The quantitative estimate of drug-likeness (QED) is 0.709. The molecule has 1 aliphatic rings. The first-order valence-corrected chi connectivity index (χ1v) is 9.15. The number of anilines is 1. The Morgan fingerprint density at radius 1 is 1.31 bits per heavy atom. The van der Waals surface area contributed by atoms with E-state index in [0.717, 1.165) is 22.4 Å². The molecular formula is C17H28BrFN4O3. The Hall–Kier alpha value is -1.48. The van der Waals surface area contributed by atoms with Crippen LogP contribution in [0.1, 0.15) is 32.7 Å². The lowest BCUT2D eigenvalue weighted by Crippen LogP contribution is -2.35. The first-order chi connectivity index (χ1) is 12.0. The summed E-state index contributed by atoms with van der Waals surface area (Å²) in [7, 11) is 1.34. The van der Waals surface area contributed by atoms with Gasteiger partial charge in [-0.3, -0.25) is 0 Å². The smallest absolute Gasteiger partial charge is 0.409 e. The van der Waals surface area contributed by atoms with Gasteiger partial charge in [0.15, 0.2) is 0 Å². The zero-order chi connectivity index (χ0) is 18.4. The zero-order valence-corrected chi connectivity index (χ0v) is 16.3. The number of amides is 1. The molecule has 1 aliphatic heterocycles. The number of carbonyl (C=O) groups excluding carboxylic acids is 1. The van der Waals surface area contributed by atoms with Gasteiger partial charge in [-0.15, -0.1) is 0 Å². The van der Waals surface area contributed by atoms with Crippen molar-refractivity contribution < 1.29 is 18.7 Å². The SMILES string of the molecule is C.CCc1nc(N[C@@H]2CN(C(=O)OC)C[C@@H]2OCCF)c(CC)nc1Br. The molecule has 9 heteroatoms. The number of aryl methyl sites for hydroxylation is 2. The molecule has 1 aromatic heterocycles. The van der Waals surface area contributed by atoms with E-state index in [9.17, 15) is 9.18 Å². The van der Waals surface area contributed by atoms with Gasteiger partial charge in [0.1, 0.15) is 17.1 Å². The molecule has 0 spiro atoms. The van der Waals surface area contributed by atoms with Crippen LogP contribution in [0.5, 0.6) is 0 Å². The third-order valence-electron chi connectivity index (χ3n) is 4.09. The highest BCUT2D eigenvalue weighted by atomic mass is 79.9. The monoisotopic (exact) mass is 434 g/mol. The van der Waals surface area contributed by atoms with Crippen molar-refractivity contribution in [1.29, 1.82) is 0 Å². The molecule has 0 unspecified atom stereocenters. The van der Waals surface area contributed by atoms with Crippen molar-refractivity contribution >= 4 is 27.8 Å². The number of carbonyl (C=O) groups is 1. The maximum Gasteiger partial charge on any atom is 0.409 e. The predicted octanol–water partition coefficient (Wildman–Crippen LogP) is 3.22. The van der Waals surface area contributed by atoms with Crippen molar-refractivity contribution in [3.8, 4) is 0 Å². The average molecular weight is 435 g/mol. The number of halogens is 2. The van der Waals surface area contributed by atoms with Crippen molar-refractivity contribution in [2.45, 2.75) is 46.3 Å². The average Bonchev–Trinajstić information content (AvgIpc) is 3.02. The molecule has 26 heavy (non-hydrogen) atoms. The molecule has 0 aliphatic carbocycles. The van der Waals surface area contributed by atoms with Crippen LogP contribution in [0.4, 0.5) is 15.0 Å². The number of ether oxygens (including phenoxy) is 2. The number of nitrogens with zero attached hydrogens (tertiary/aromatic N) is 3. The fraction of sp³-hybridized carbons (Fsp3) is 0.706. The van der Waals surface area contributed by atoms with E-state index in [1.807, 2.05) is 13.8 Å². The number of hydrogen-bond donors (Lipinski definition) is 1. The van der Waals surface area contributed by atoms with E-state index in [1.54, 1.807) is 4.90 Å². The molecule has 2 heterocycles. The van der Waals surface area contributed by atoms with Gasteiger partial charge >= 0.3 is 6.09 Å². The summed E-state index contributed by atoms with van der Waals surface area (Å²) in [5, 5.41) is 3.34. The number of nitrogens with one attached hydrogen (secondary N) is 1. The Morgan fingerprint density at radius 3 is 2.58 bits per heavy atom. The summed E-state index contributed by atoms with van der Waals surface area (Å²) in [6.07, 6.45) is 0.689. The van der Waals surface area contributed by atoms with Gasteiger partial charge in [0.25, 0.3) is 0 Å². The van der Waals surface area contributed by atoms with Crippen LogP contribution < -0.4 is 5.32 Å². The summed E-state index contributed by atoms with van der Waals surface area (Å²) >= 11 is 3.44. The highest BCUT2D eigenvalue weighted by Crippen LogP contribution is 2.23. The number of alkyl halides is 1. The minimum absolute atomic E-state index is 0. The molecule has 0 bridgehead atoms. The number of aromatic nitrogens is 2. The number of hydrogen-bond acceptors (Lipinski definition) is 6. The molecule has 1 amide bonds. The molecule has 1 N–H and O–H groups in total. The van der Waals surface area contributed by atoms with Crippen molar-refractivity contribution in [2.75, 3.05) is 38.8 Å². The van der Waals surface area contributed by atoms with E-state index in [2.05, 4.69) is 31.2 Å². The van der Waals surface area contributed by atoms with Gasteiger partial charge in [-0.05, 0) is 28.8 Å². The van der Waals surface area contributed by atoms with Crippen LogP contribution in [0.2, 0.25) is 0 Å². The summed E-state index contributed by atoms with van der Waals surface area (Å²) in [6.45, 7) is 4.17. The number of rotatable bonds is 7. The van der Waals surface area contributed by atoms with Gasteiger partial charge in [-0.25, -0.2) is 19.2 Å². The highest BCUT2D eigenvalue weighted by Gasteiger charge is 2.37. The minimum Gasteiger partial charge on any atom is -0.453 e. The lowest BCUT2D eigenvalue weighted by Gasteiger charge is -2.21. The first-order valence-electron chi connectivity index (χ1n) is 8.36. The maximum absolute atomic E-state index is 12.5. The van der Waals surface area contributed by atoms with E-state index >= 15 is 0 Å². The molecule has 0 radical (unpaired) electrons. The number of likely N-dealkylation sites (tertiary alicyclic amines) is 1. The van der Waals surface area contributed by atoms with E-state index in [1.165, 1.54) is 7.11 Å². The third kappa shape index (κ3) is 5.26. The molecule has 0 saturated carbocycles. The van der Waals surface area contributed by atoms with Crippen molar-refractivity contribution in [1.82, 2.24) is 14.9 Å². The van der Waals surface area contributed by atoms with E-state index in [-0.39, 0.29) is 26.2 Å². The molecule has 148 valence electrons. The molecule has 1 saturated heterocycles. The predicted molar refractivity (Wildman–Crippen MR) is 102 cm³/mol. The van der Waals surface area contributed by atoms with Crippen LogP contribution in [-0.2, 0) is 22.3 Å². The summed E-state index contributed by atoms with van der Waals surface area (Å²) < 4.78 is 23.6. The largest absolute Gasteiger partial charge is 0.453 e. The highest BCUT2D eigenvalue weighted by molar-refractivity contribution is 9.10. The maximum atomic E-state index is 12.5. The fourth-order valence-corrected chi connectivity index (χ4v) is 3.38. The second-order valence-corrected chi connectivity index (χ2v) is 6.44. The van der Waals surface area contributed by atoms with Gasteiger partial charge in [-0.1, -0.05) is 21.3 Å². The summed E-state index contributed by atoms with van der Waals surface area (Å²) in [5.41, 5.74) is 1.67. The van der Waals surface area contributed by atoms with Crippen molar-refractivity contribution in [3.05, 3.63) is 16.0 Å². The van der Waals surface area contributed by atoms with Crippen LogP contribution in [0.25, 0.3) is 0 Å². The van der Waals surface area contributed by atoms with Crippen molar-refractivity contribution in [3.63, 3.8) is 0 Å². The van der Waals surface area contributed by atoms with Gasteiger partial charge in [0.05, 0.1) is 43.8 Å². The second kappa shape index (κ2) is 10.6. The Kier molecular flexibility index (Phi) is 9.21. The summed E-state index contributed by atoms with van der Waals surface area (Å²) in [6, 6.07) is -0.212. The fourth-order valence-electron chi connectivity index (χ4n) is 2.80. The Balaban J connectivity index is 0.00000338. The van der Waals surface area contributed by atoms with Gasteiger partial charge < -0.3 is 19.7 Å². The van der Waals surface area contributed by atoms with E-state index in [4.69, 9.17) is 9.47 Å². The lowest BCUT2D eigenvalue weighted by atomic mass is 10.2. The van der Waals surface area contributed by atoms with Crippen LogP contribution in [-0.4, -0.2) is 66.6 Å². The molecule has 1 aromatic rings. The van der Waals surface area contributed by atoms with Gasteiger partial charge in [0.2, 0.25) is 0 Å². The summed E-state index contributed by atoms with van der Waals surface area (Å²) in [4.78, 5) is 22.5. The van der Waals surface area contributed by atoms with Gasteiger partial charge in [0, 0.05) is 6.54 Å². The molecule has 0 aromatic carbocycles. The normalized spacial score (nSPS) is 19.2. The van der Waals surface area contributed by atoms with Crippen LogP contribution >= 0.6 is 15.9 Å². The second-order valence-electron chi connectivity index (χ2n) is 5.69. The molecular weight excluding hydrogens is 407 g/mol. The third-order valence-corrected chi connectivity index (χ3v) is 4.73. The topological polar surface area (TPSA) is 76.6 Å². The zero-order valence-electron chi connectivity index (χ0n) is 14.7. The van der Waals surface area contributed by atoms with Crippen LogP contribution in [0, 0.1) is 0 Å². The Bertz CT molecular complexity index is 606. The number of methoxy groups -OCH3 is 1. The molecule has 2 atom stereocenters. The van der Waals surface area contributed by atoms with E-state index in [0.29, 0.717) is 25.3 Å². The standard InChI is InChI=1S/C16H24BrFN4O3.CH4/c1-4-10-14(17)19-11(5-2)15(20-10)21-12-8-22(16(23)24-3)9-13(12)25-7-6-18;/h12-13H,4-9H2,1-3H3,(H,20,21);1H4/t12-,13+;/m1./s1. The summed E-state index contributed by atoms with van der Waals surface area (Å²) in [5.74, 6) is 0.674. The first kappa shape index (κ1) is 22.6. The lowest BCUT2D eigenvalue weighted by molar-refractivity contribution is 0.0443. The molecule has 1 fully saturated rings. The Morgan fingerprint density at radius 2 is 2.00 bits per heavy atom. The minimum atomic E-state index is -0.570. The molecule has 2 rings (SSSR count). The Labute approximate surface area is 162 Å². The van der Waals surface area contributed by atoms with Crippen LogP contribution in [0.3, 0.4) is 0 Å². The van der Waals surface area contributed by atoms with Gasteiger partial charge in [-0.2, -0.15) is 0 Å². The molecule has 7 nitrogen and oxygen atoms in total. The van der Waals surface area contributed by atoms with Crippen molar-refractivity contribution in [2.24, 2.45) is 0 Å².